The summed E-state index contributed by atoms with van der Waals surface area (Å²) in [5, 5.41) is 6.26. The molecule has 0 aliphatic heterocycles. The summed E-state index contributed by atoms with van der Waals surface area (Å²) in [5.41, 5.74) is 2.53. The smallest absolute Gasteiger partial charge is 0.243 e. The molecule has 0 unspecified atom stereocenters. The van der Waals surface area contributed by atoms with Crippen LogP contribution in [0.25, 0.3) is 11.0 Å². The van der Waals surface area contributed by atoms with Crippen LogP contribution in [0.2, 0.25) is 0 Å². The van der Waals surface area contributed by atoms with Crippen LogP contribution in [-0.2, 0) is 28.3 Å². The predicted octanol–water partition coefficient (Wildman–Crippen LogP) is 3.15. The van der Waals surface area contributed by atoms with E-state index >= 15 is 0 Å². The number of nitrogens with one attached hydrogen (secondary N) is 2. The third kappa shape index (κ3) is 6.11. The molecule has 0 aliphatic rings. The molecule has 0 saturated carbocycles. The number of benzene rings is 2. The van der Waals surface area contributed by atoms with Gasteiger partial charge in [-0.25, -0.2) is 13.4 Å². The Balaban J connectivity index is 1.53. The van der Waals surface area contributed by atoms with Crippen molar-refractivity contribution in [2.24, 2.45) is 7.05 Å². The number of amides is 1. The molecule has 0 saturated heterocycles. The minimum atomic E-state index is -3.54. The molecule has 0 bridgehead atoms. The number of carbonyl (C=O) groups excluding carboxylic acids is 1. The zero-order chi connectivity index (χ0) is 23.8. The molecule has 2 aromatic carbocycles. The largest absolute Gasteiger partial charge is 0.385 e. The number of anilines is 1. The second-order valence-electron chi connectivity index (χ2n) is 7.82. The van der Waals surface area contributed by atoms with E-state index in [0.29, 0.717) is 38.0 Å². The minimum Gasteiger partial charge on any atom is -0.385 e. The predicted molar refractivity (Wildman–Crippen MR) is 132 cm³/mol. The van der Waals surface area contributed by atoms with Gasteiger partial charge in [-0.1, -0.05) is 32.0 Å². The third-order valence-electron chi connectivity index (χ3n) is 5.64. The Kier molecular flexibility index (Phi) is 8.46. The van der Waals surface area contributed by atoms with Crippen LogP contribution in [0.4, 0.5) is 5.69 Å². The lowest BCUT2D eigenvalue weighted by Gasteiger charge is -2.18. The van der Waals surface area contributed by atoms with Gasteiger partial charge in [-0.2, -0.15) is 4.31 Å². The van der Waals surface area contributed by atoms with E-state index in [-0.39, 0.29) is 10.8 Å². The van der Waals surface area contributed by atoms with Crippen molar-refractivity contribution in [3.63, 3.8) is 0 Å². The van der Waals surface area contributed by atoms with E-state index in [1.165, 1.54) is 4.31 Å². The highest BCUT2D eigenvalue weighted by Crippen LogP contribution is 2.22. The lowest BCUT2D eigenvalue weighted by atomic mass is 10.2. The number of fused-ring (bicyclic) bond motifs is 1. The monoisotopic (exact) mass is 471 g/mol. The van der Waals surface area contributed by atoms with E-state index in [2.05, 4.69) is 15.6 Å². The zero-order valence-electron chi connectivity index (χ0n) is 19.5. The van der Waals surface area contributed by atoms with E-state index in [1.807, 2.05) is 55.8 Å². The fourth-order valence-electron chi connectivity index (χ4n) is 3.74. The molecular weight excluding hydrogens is 438 g/mol. The van der Waals surface area contributed by atoms with Gasteiger partial charge >= 0.3 is 0 Å². The number of carbonyl (C=O) groups is 1. The summed E-state index contributed by atoms with van der Waals surface area (Å²) < 4.78 is 29.0. The van der Waals surface area contributed by atoms with E-state index in [4.69, 9.17) is 0 Å². The molecule has 1 heterocycles. The fourth-order valence-corrected chi connectivity index (χ4v) is 5.22. The van der Waals surface area contributed by atoms with Crippen LogP contribution in [0.5, 0.6) is 0 Å². The van der Waals surface area contributed by atoms with Crippen LogP contribution < -0.4 is 10.6 Å². The summed E-state index contributed by atoms with van der Waals surface area (Å²) in [5.74, 6) is 0.731. The highest BCUT2D eigenvalue weighted by molar-refractivity contribution is 7.89. The van der Waals surface area contributed by atoms with Crippen molar-refractivity contribution in [2.75, 3.05) is 31.5 Å². The number of hydrogen-bond donors (Lipinski definition) is 2. The lowest BCUT2D eigenvalue weighted by molar-refractivity contribution is -0.121. The number of aromatic nitrogens is 2. The van der Waals surface area contributed by atoms with Crippen molar-refractivity contribution in [3.05, 3.63) is 54.4 Å². The highest BCUT2D eigenvalue weighted by atomic mass is 32.2. The van der Waals surface area contributed by atoms with Gasteiger partial charge in [0, 0.05) is 51.8 Å². The second kappa shape index (κ2) is 11.3. The quantitative estimate of drug-likeness (QED) is 0.396. The average molecular weight is 472 g/mol. The lowest BCUT2D eigenvalue weighted by Crippen LogP contribution is -2.30. The molecule has 3 rings (SSSR count). The minimum absolute atomic E-state index is 0.0217. The van der Waals surface area contributed by atoms with Gasteiger partial charge in [-0.05, 0) is 36.8 Å². The zero-order valence-corrected chi connectivity index (χ0v) is 20.4. The third-order valence-corrected chi connectivity index (χ3v) is 7.69. The maximum atomic E-state index is 12.8. The summed E-state index contributed by atoms with van der Waals surface area (Å²) in [7, 11) is -1.65. The first-order valence-corrected chi connectivity index (χ1v) is 12.8. The van der Waals surface area contributed by atoms with E-state index in [0.717, 1.165) is 30.0 Å². The normalized spacial score (nSPS) is 11.8. The van der Waals surface area contributed by atoms with Crippen LogP contribution in [0.15, 0.2) is 53.4 Å². The molecule has 1 amide bonds. The molecular formula is C24H33N5O3S. The van der Waals surface area contributed by atoms with Crippen molar-refractivity contribution in [2.45, 2.75) is 38.0 Å². The second-order valence-corrected chi connectivity index (χ2v) is 9.76. The van der Waals surface area contributed by atoms with Crippen molar-refractivity contribution < 1.29 is 13.2 Å². The molecule has 0 aliphatic carbocycles. The number of nitrogens with zero attached hydrogens (tertiary/aromatic N) is 3. The maximum absolute atomic E-state index is 12.8. The number of hydrogen-bond acceptors (Lipinski definition) is 5. The van der Waals surface area contributed by atoms with Crippen LogP contribution in [0.1, 0.15) is 32.5 Å². The van der Waals surface area contributed by atoms with Gasteiger partial charge in [0.25, 0.3) is 0 Å². The number of imidazole rings is 1. The molecule has 0 fully saturated rings. The van der Waals surface area contributed by atoms with E-state index < -0.39 is 10.0 Å². The summed E-state index contributed by atoms with van der Waals surface area (Å²) >= 11 is 0. The number of para-hydroxylation sites is 1. The van der Waals surface area contributed by atoms with Gasteiger partial charge in [0.1, 0.15) is 5.82 Å². The molecule has 8 nitrogen and oxygen atoms in total. The van der Waals surface area contributed by atoms with Gasteiger partial charge < -0.3 is 15.2 Å². The van der Waals surface area contributed by atoms with Crippen molar-refractivity contribution in [3.8, 4) is 0 Å². The summed E-state index contributed by atoms with van der Waals surface area (Å²) in [6.07, 6.45) is 1.64. The van der Waals surface area contributed by atoms with Crippen molar-refractivity contribution >= 4 is 32.7 Å². The van der Waals surface area contributed by atoms with Crippen molar-refractivity contribution in [1.29, 1.82) is 0 Å². The Morgan fingerprint density at radius 1 is 1.06 bits per heavy atom. The molecule has 2 N–H and O–H groups in total. The number of sulfonamides is 1. The summed E-state index contributed by atoms with van der Waals surface area (Å²) in [6, 6.07) is 15.0. The van der Waals surface area contributed by atoms with Gasteiger partial charge in [0.05, 0.1) is 15.9 Å². The Morgan fingerprint density at radius 3 is 2.48 bits per heavy atom. The Hall–Kier alpha value is -2.91. The Labute approximate surface area is 196 Å². The van der Waals surface area contributed by atoms with Crippen LogP contribution in [0, 0.1) is 0 Å². The van der Waals surface area contributed by atoms with Crippen molar-refractivity contribution in [1.82, 2.24) is 19.2 Å². The number of rotatable bonds is 12. The van der Waals surface area contributed by atoms with E-state index in [1.54, 1.807) is 18.2 Å². The first-order chi connectivity index (χ1) is 15.9. The number of aryl methyl sites for hydroxylation is 2. The Bertz CT molecular complexity index is 1170. The Morgan fingerprint density at radius 2 is 1.79 bits per heavy atom. The molecule has 0 spiro atoms. The first-order valence-electron chi connectivity index (χ1n) is 11.4. The molecule has 1 aromatic heterocycles. The average Bonchev–Trinajstić information content (AvgIpc) is 3.13. The van der Waals surface area contributed by atoms with Crippen LogP contribution >= 0.6 is 0 Å². The van der Waals surface area contributed by atoms with Crippen LogP contribution in [-0.4, -0.2) is 54.4 Å². The summed E-state index contributed by atoms with van der Waals surface area (Å²) in [4.78, 5) is 17.1. The fraction of sp³-hybridized carbons (Fsp3) is 0.417. The summed E-state index contributed by atoms with van der Waals surface area (Å²) in [6.45, 7) is 5.87. The standard InChI is InChI=1S/C24H33N5O3S/c1-4-29(5-2)33(31,32)20-12-13-22-21(18-20)27-23(28(22)3)14-15-24(30)26-17-9-16-25-19-10-7-6-8-11-19/h6-8,10-13,18,25H,4-5,9,14-17H2,1-3H3,(H,26,30). The van der Waals surface area contributed by atoms with Gasteiger partial charge in [0.2, 0.25) is 15.9 Å². The highest BCUT2D eigenvalue weighted by Gasteiger charge is 2.22. The van der Waals surface area contributed by atoms with Gasteiger partial charge in [-0.15, -0.1) is 0 Å². The topological polar surface area (TPSA) is 96.3 Å². The first kappa shape index (κ1) is 24.7. The molecule has 33 heavy (non-hydrogen) atoms. The molecule has 0 radical (unpaired) electrons. The van der Waals surface area contributed by atoms with Gasteiger partial charge in [-0.3, -0.25) is 4.79 Å². The van der Waals surface area contributed by atoms with Gasteiger partial charge in [0.15, 0.2) is 0 Å². The molecule has 9 heteroatoms. The maximum Gasteiger partial charge on any atom is 0.243 e. The van der Waals surface area contributed by atoms with E-state index in [9.17, 15) is 13.2 Å². The molecule has 178 valence electrons. The van der Waals surface area contributed by atoms with Crippen LogP contribution in [0.3, 0.4) is 0 Å². The molecule has 3 aromatic rings. The molecule has 0 atom stereocenters. The SMILES string of the molecule is CCN(CC)S(=O)(=O)c1ccc2c(c1)nc(CCC(=O)NCCCNc1ccccc1)n2C.